The van der Waals surface area contributed by atoms with Gasteiger partial charge < -0.3 is 9.72 Å². The molecule has 0 aliphatic heterocycles. The first kappa shape index (κ1) is 10.4. The Morgan fingerprint density at radius 2 is 2.19 bits per heavy atom. The normalized spacial score (nSPS) is 10.2. The number of ether oxygens (including phenoxy) is 1. The molecule has 0 atom stereocenters. The molecule has 0 saturated heterocycles. The van der Waals surface area contributed by atoms with E-state index in [1.54, 1.807) is 0 Å². The van der Waals surface area contributed by atoms with E-state index in [9.17, 15) is 9.59 Å². The molecule has 0 aliphatic rings. The lowest BCUT2D eigenvalue weighted by Gasteiger charge is -1.99. The predicted octanol–water partition coefficient (Wildman–Crippen LogP) is 1.45. The van der Waals surface area contributed by atoms with Crippen molar-refractivity contribution >= 4 is 23.2 Å². The number of aldehydes is 1. The van der Waals surface area contributed by atoms with Crippen LogP contribution in [0.25, 0.3) is 10.9 Å². The number of benzene rings is 1. The van der Waals surface area contributed by atoms with Gasteiger partial charge in [-0.1, -0.05) is 18.2 Å². The summed E-state index contributed by atoms with van der Waals surface area (Å²) in [6.45, 7) is 0.222. The van der Waals surface area contributed by atoms with Gasteiger partial charge in [0.1, 0.15) is 0 Å². The number of rotatable bonds is 4. The highest BCUT2D eigenvalue weighted by Crippen LogP contribution is 2.17. The Hall–Kier alpha value is -2.10. The van der Waals surface area contributed by atoms with E-state index in [-0.39, 0.29) is 12.9 Å². The van der Waals surface area contributed by atoms with Crippen LogP contribution in [-0.2, 0) is 20.7 Å². The fourth-order valence-electron chi connectivity index (χ4n) is 1.63. The minimum absolute atomic E-state index is 0.176. The number of esters is 1. The molecule has 2 aromatic rings. The maximum Gasteiger partial charge on any atom is 0.371 e. The summed E-state index contributed by atoms with van der Waals surface area (Å²) in [6, 6.07) is 7.89. The molecule has 0 spiro atoms. The lowest BCUT2D eigenvalue weighted by atomic mass is 10.1. The highest BCUT2D eigenvalue weighted by Gasteiger charge is 2.04. The van der Waals surface area contributed by atoms with Crippen molar-refractivity contribution in [1.82, 2.24) is 4.98 Å². The number of aromatic nitrogens is 1. The van der Waals surface area contributed by atoms with Crippen molar-refractivity contribution in [2.75, 3.05) is 6.61 Å². The van der Waals surface area contributed by atoms with E-state index in [0.29, 0.717) is 6.42 Å². The van der Waals surface area contributed by atoms with Crippen molar-refractivity contribution in [2.45, 2.75) is 6.42 Å². The Bertz CT molecular complexity index is 516. The Balaban J connectivity index is 2.04. The summed E-state index contributed by atoms with van der Waals surface area (Å²) in [5, 5.41) is 1.12. The van der Waals surface area contributed by atoms with E-state index in [2.05, 4.69) is 4.98 Å². The zero-order valence-corrected chi connectivity index (χ0v) is 8.60. The van der Waals surface area contributed by atoms with Crippen LogP contribution in [0, 0.1) is 0 Å². The molecule has 4 nitrogen and oxygen atoms in total. The summed E-state index contributed by atoms with van der Waals surface area (Å²) in [5.41, 5.74) is 2.13. The predicted molar refractivity (Wildman–Crippen MR) is 59.0 cm³/mol. The second kappa shape index (κ2) is 4.61. The van der Waals surface area contributed by atoms with Gasteiger partial charge in [-0.2, -0.15) is 0 Å². The molecule has 1 heterocycles. The summed E-state index contributed by atoms with van der Waals surface area (Å²) in [6.07, 6.45) is 2.66. The molecule has 4 heteroatoms. The van der Waals surface area contributed by atoms with Crippen molar-refractivity contribution in [3.63, 3.8) is 0 Å². The lowest BCUT2D eigenvalue weighted by Crippen LogP contribution is -2.07. The van der Waals surface area contributed by atoms with Crippen molar-refractivity contribution < 1.29 is 14.3 Å². The van der Waals surface area contributed by atoms with E-state index in [1.165, 1.54) is 0 Å². The van der Waals surface area contributed by atoms with Crippen molar-refractivity contribution in [3.8, 4) is 0 Å². The largest absolute Gasteiger partial charge is 0.460 e. The highest BCUT2D eigenvalue weighted by atomic mass is 16.5. The van der Waals surface area contributed by atoms with Gasteiger partial charge in [-0.05, 0) is 11.6 Å². The zero-order chi connectivity index (χ0) is 11.4. The molecule has 0 amide bonds. The molecule has 0 saturated carbocycles. The van der Waals surface area contributed by atoms with Gasteiger partial charge >= 0.3 is 5.97 Å². The number of carbonyl (C=O) groups excluding carboxylic acids is 2. The zero-order valence-electron chi connectivity index (χ0n) is 8.60. The summed E-state index contributed by atoms with van der Waals surface area (Å²) < 4.78 is 4.69. The molecule has 1 aromatic carbocycles. The summed E-state index contributed by atoms with van der Waals surface area (Å²) in [4.78, 5) is 23.8. The smallest absolute Gasteiger partial charge is 0.371 e. The number of nitrogens with one attached hydrogen (secondary N) is 1. The molecule has 1 aromatic heterocycles. The molecule has 0 aliphatic carbocycles. The molecule has 82 valence electrons. The van der Waals surface area contributed by atoms with Gasteiger partial charge in [0.05, 0.1) is 6.61 Å². The monoisotopic (exact) mass is 217 g/mol. The second-order valence-corrected chi connectivity index (χ2v) is 3.39. The summed E-state index contributed by atoms with van der Waals surface area (Å²) >= 11 is 0. The number of aromatic amines is 1. The van der Waals surface area contributed by atoms with Gasteiger partial charge in [0.15, 0.2) is 0 Å². The van der Waals surface area contributed by atoms with E-state index in [0.717, 1.165) is 16.5 Å². The third-order valence-corrected chi connectivity index (χ3v) is 2.39. The van der Waals surface area contributed by atoms with Crippen LogP contribution >= 0.6 is 0 Å². The fourth-order valence-corrected chi connectivity index (χ4v) is 1.63. The van der Waals surface area contributed by atoms with Gasteiger partial charge in [-0.3, -0.25) is 4.79 Å². The third kappa shape index (κ3) is 2.11. The number of para-hydroxylation sites is 1. The van der Waals surface area contributed by atoms with Crippen LogP contribution in [-0.4, -0.2) is 23.8 Å². The highest BCUT2D eigenvalue weighted by molar-refractivity contribution is 6.20. The molecule has 0 radical (unpaired) electrons. The topological polar surface area (TPSA) is 59.2 Å². The van der Waals surface area contributed by atoms with Gasteiger partial charge in [-0.15, -0.1) is 0 Å². The van der Waals surface area contributed by atoms with E-state index >= 15 is 0 Å². The Labute approximate surface area is 92.2 Å². The molecule has 2 rings (SSSR count). The van der Waals surface area contributed by atoms with Crippen LogP contribution in [0.4, 0.5) is 0 Å². The van der Waals surface area contributed by atoms with Crippen molar-refractivity contribution in [2.24, 2.45) is 0 Å². The lowest BCUT2D eigenvalue weighted by molar-refractivity contribution is -0.148. The number of hydrogen-bond donors (Lipinski definition) is 1. The van der Waals surface area contributed by atoms with Crippen LogP contribution < -0.4 is 0 Å². The maximum absolute atomic E-state index is 10.6. The first-order chi connectivity index (χ1) is 7.81. The Morgan fingerprint density at radius 3 is 3.00 bits per heavy atom. The molecule has 0 bridgehead atoms. The molecule has 1 N–H and O–H groups in total. The quantitative estimate of drug-likeness (QED) is 0.479. The molecular formula is C12H11NO3. The minimum atomic E-state index is -0.820. The van der Waals surface area contributed by atoms with E-state index in [4.69, 9.17) is 4.74 Å². The molecule has 0 fully saturated rings. The Morgan fingerprint density at radius 1 is 1.38 bits per heavy atom. The van der Waals surface area contributed by atoms with Crippen molar-refractivity contribution in [1.29, 1.82) is 0 Å². The van der Waals surface area contributed by atoms with Crippen LogP contribution in [0.1, 0.15) is 5.56 Å². The van der Waals surface area contributed by atoms with Gasteiger partial charge in [-0.25, -0.2) is 4.79 Å². The second-order valence-electron chi connectivity index (χ2n) is 3.39. The third-order valence-electron chi connectivity index (χ3n) is 2.39. The minimum Gasteiger partial charge on any atom is -0.460 e. The maximum atomic E-state index is 10.6. The number of fused-ring (bicyclic) bond motifs is 1. The van der Waals surface area contributed by atoms with Crippen LogP contribution in [0.3, 0.4) is 0 Å². The van der Waals surface area contributed by atoms with Crippen LogP contribution in [0.2, 0.25) is 0 Å². The molecular weight excluding hydrogens is 206 g/mol. The van der Waals surface area contributed by atoms with Crippen molar-refractivity contribution in [3.05, 3.63) is 36.0 Å². The van der Waals surface area contributed by atoms with Crippen LogP contribution in [0.5, 0.6) is 0 Å². The van der Waals surface area contributed by atoms with Crippen LogP contribution in [0.15, 0.2) is 30.5 Å². The van der Waals surface area contributed by atoms with Gasteiger partial charge in [0.25, 0.3) is 0 Å². The van der Waals surface area contributed by atoms with E-state index in [1.807, 2.05) is 30.5 Å². The first-order valence-corrected chi connectivity index (χ1v) is 4.98. The average Bonchev–Trinajstić information content (AvgIpc) is 2.73. The summed E-state index contributed by atoms with van der Waals surface area (Å²) in [7, 11) is 0. The fraction of sp³-hybridized carbons (Fsp3) is 0.167. The van der Waals surface area contributed by atoms with E-state index < -0.39 is 5.97 Å². The number of carbonyl (C=O) groups is 2. The molecule has 16 heavy (non-hydrogen) atoms. The average molecular weight is 217 g/mol. The SMILES string of the molecule is O=CC(=O)OCCc1c[nH]c2ccccc12. The standard InChI is InChI=1S/C12H11NO3/c14-8-12(15)16-6-5-9-7-13-11-4-2-1-3-10(9)11/h1-4,7-8,13H,5-6H2. The van der Waals surface area contributed by atoms with Gasteiger partial charge in [0.2, 0.25) is 6.29 Å². The first-order valence-electron chi connectivity index (χ1n) is 4.98. The number of hydrogen-bond acceptors (Lipinski definition) is 3. The number of H-pyrrole nitrogens is 1. The Kier molecular flexibility index (Phi) is 3.00. The summed E-state index contributed by atoms with van der Waals surface area (Å²) in [5.74, 6) is -0.820. The molecule has 0 unspecified atom stereocenters. The van der Waals surface area contributed by atoms with Gasteiger partial charge in [0, 0.05) is 23.5 Å².